The van der Waals surface area contributed by atoms with Crippen LogP contribution in [0.2, 0.25) is 0 Å². The summed E-state index contributed by atoms with van der Waals surface area (Å²) in [5.41, 5.74) is 1.64. The summed E-state index contributed by atoms with van der Waals surface area (Å²) in [6.45, 7) is 0. The number of carboxylic acids is 1. The van der Waals surface area contributed by atoms with Crippen LogP contribution in [0, 0.1) is 35.0 Å². The number of amides is 1. The van der Waals surface area contributed by atoms with Crippen LogP contribution in [-0.2, 0) is 22.4 Å². The van der Waals surface area contributed by atoms with Crippen LogP contribution >= 0.6 is 11.3 Å². The minimum absolute atomic E-state index is 0.00144. The summed E-state index contributed by atoms with van der Waals surface area (Å²) in [6.07, 6.45) is 7.53. The molecule has 23 heavy (non-hydrogen) atoms. The summed E-state index contributed by atoms with van der Waals surface area (Å²) in [6, 6.07) is 2.21. The van der Waals surface area contributed by atoms with E-state index in [9.17, 15) is 20.0 Å². The molecule has 0 radical (unpaired) electrons. The quantitative estimate of drug-likeness (QED) is 0.834. The van der Waals surface area contributed by atoms with Gasteiger partial charge < -0.3 is 10.4 Å². The van der Waals surface area contributed by atoms with Crippen LogP contribution in [0.1, 0.15) is 28.8 Å². The SMILES string of the molecule is N#Cc1c(NC(=O)[C@@H]2[C@@H](C(=O)O)[C@H]3C=C[C@@H]2C3)sc2c1CCC2. The molecular weight excluding hydrogens is 312 g/mol. The van der Waals surface area contributed by atoms with Crippen molar-refractivity contribution in [2.24, 2.45) is 23.7 Å². The largest absolute Gasteiger partial charge is 0.481 e. The van der Waals surface area contributed by atoms with Gasteiger partial charge in [0.25, 0.3) is 0 Å². The number of hydrogen-bond acceptors (Lipinski definition) is 4. The van der Waals surface area contributed by atoms with Crippen LogP contribution in [0.3, 0.4) is 0 Å². The zero-order chi connectivity index (χ0) is 16.1. The third kappa shape index (κ3) is 2.11. The summed E-state index contributed by atoms with van der Waals surface area (Å²) in [4.78, 5) is 25.4. The molecule has 6 heteroatoms. The van der Waals surface area contributed by atoms with E-state index in [0.717, 1.165) is 31.2 Å². The molecule has 0 spiro atoms. The van der Waals surface area contributed by atoms with Gasteiger partial charge in [0.1, 0.15) is 11.1 Å². The summed E-state index contributed by atoms with van der Waals surface area (Å²) in [5.74, 6) is -2.40. The molecule has 0 unspecified atom stereocenters. The van der Waals surface area contributed by atoms with Crippen LogP contribution in [0.5, 0.6) is 0 Å². The summed E-state index contributed by atoms with van der Waals surface area (Å²) in [5, 5.41) is 22.3. The molecule has 1 aromatic rings. The van der Waals surface area contributed by atoms with Gasteiger partial charge in [0, 0.05) is 4.88 Å². The van der Waals surface area contributed by atoms with Gasteiger partial charge in [0.05, 0.1) is 17.4 Å². The normalized spacial score (nSPS) is 30.2. The third-order valence-corrected chi connectivity index (χ3v) is 6.52. The molecule has 1 fully saturated rings. The summed E-state index contributed by atoms with van der Waals surface area (Å²) < 4.78 is 0. The zero-order valence-electron chi connectivity index (χ0n) is 12.4. The standard InChI is InChI=1S/C17H16N2O3S/c18-7-11-10-2-1-3-12(10)23-16(11)19-15(20)13-8-4-5-9(6-8)14(13)17(21)22/h4-5,8-9,13-14H,1-3,6H2,(H,19,20)(H,21,22)/t8-,9+,13+,14+/m1/s1. The highest BCUT2D eigenvalue weighted by Crippen LogP contribution is 2.49. The van der Waals surface area contributed by atoms with E-state index in [2.05, 4.69) is 11.4 Å². The van der Waals surface area contributed by atoms with Gasteiger partial charge in [-0.1, -0.05) is 12.2 Å². The number of anilines is 1. The molecule has 0 aromatic carbocycles. The molecule has 4 atom stereocenters. The lowest BCUT2D eigenvalue weighted by Crippen LogP contribution is -2.36. The highest BCUT2D eigenvalue weighted by atomic mass is 32.1. The molecule has 1 amide bonds. The number of allylic oxidation sites excluding steroid dienone is 2. The second kappa shape index (κ2) is 5.20. The predicted octanol–water partition coefficient (Wildman–Crippen LogP) is 2.57. The van der Waals surface area contributed by atoms with Gasteiger partial charge in [-0.3, -0.25) is 9.59 Å². The Bertz CT molecular complexity index is 774. The lowest BCUT2D eigenvalue weighted by Gasteiger charge is -2.23. The van der Waals surface area contributed by atoms with E-state index in [-0.39, 0.29) is 17.7 Å². The molecule has 118 valence electrons. The van der Waals surface area contributed by atoms with Gasteiger partial charge in [0.2, 0.25) is 5.91 Å². The van der Waals surface area contributed by atoms with E-state index < -0.39 is 17.8 Å². The molecule has 1 aromatic heterocycles. The van der Waals surface area contributed by atoms with Crippen molar-refractivity contribution in [1.29, 1.82) is 5.26 Å². The van der Waals surface area contributed by atoms with Crippen LogP contribution < -0.4 is 5.32 Å². The lowest BCUT2D eigenvalue weighted by molar-refractivity contribution is -0.146. The van der Waals surface area contributed by atoms with Crippen LogP contribution in [0.4, 0.5) is 5.00 Å². The minimum atomic E-state index is -0.906. The first-order chi connectivity index (χ1) is 11.1. The summed E-state index contributed by atoms with van der Waals surface area (Å²) >= 11 is 1.47. The number of aryl methyl sites for hydroxylation is 1. The molecule has 4 rings (SSSR count). The highest BCUT2D eigenvalue weighted by molar-refractivity contribution is 7.16. The Morgan fingerprint density at radius 3 is 2.70 bits per heavy atom. The maximum Gasteiger partial charge on any atom is 0.307 e. The number of fused-ring (bicyclic) bond motifs is 3. The average Bonchev–Trinajstić information content (AvgIpc) is 3.25. The fourth-order valence-electron chi connectivity index (χ4n) is 4.32. The Balaban J connectivity index is 1.61. The molecule has 1 saturated carbocycles. The molecule has 0 aliphatic heterocycles. The molecule has 2 N–H and O–H groups in total. The predicted molar refractivity (Wildman–Crippen MR) is 85.0 cm³/mol. The first kappa shape index (κ1) is 14.5. The first-order valence-corrected chi connectivity index (χ1v) is 8.68. The van der Waals surface area contributed by atoms with Gasteiger partial charge in [-0.15, -0.1) is 11.3 Å². The minimum Gasteiger partial charge on any atom is -0.481 e. The van der Waals surface area contributed by atoms with Crippen molar-refractivity contribution >= 4 is 28.2 Å². The van der Waals surface area contributed by atoms with Gasteiger partial charge in [0.15, 0.2) is 0 Å². The van der Waals surface area contributed by atoms with Crippen molar-refractivity contribution in [1.82, 2.24) is 0 Å². The van der Waals surface area contributed by atoms with Crippen LogP contribution in [0.25, 0.3) is 0 Å². The smallest absolute Gasteiger partial charge is 0.307 e. The number of rotatable bonds is 3. The lowest BCUT2D eigenvalue weighted by atomic mass is 9.82. The van der Waals surface area contributed by atoms with E-state index in [1.54, 1.807) is 0 Å². The number of hydrogen-bond donors (Lipinski definition) is 2. The Labute approximate surface area is 137 Å². The van der Waals surface area contributed by atoms with E-state index in [1.807, 2.05) is 12.2 Å². The van der Waals surface area contributed by atoms with Gasteiger partial charge in [-0.25, -0.2) is 0 Å². The maximum atomic E-state index is 12.7. The first-order valence-electron chi connectivity index (χ1n) is 7.86. The Kier molecular flexibility index (Phi) is 3.27. The fraction of sp³-hybridized carbons (Fsp3) is 0.471. The zero-order valence-corrected chi connectivity index (χ0v) is 13.2. The molecule has 1 heterocycles. The second-order valence-electron chi connectivity index (χ2n) is 6.50. The van der Waals surface area contributed by atoms with Crippen molar-refractivity contribution in [3.05, 3.63) is 28.2 Å². The number of carboxylic acid groups (broad SMARTS) is 1. The molecule has 3 aliphatic carbocycles. The van der Waals surface area contributed by atoms with E-state index >= 15 is 0 Å². The van der Waals surface area contributed by atoms with E-state index in [4.69, 9.17) is 0 Å². The molecule has 5 nitrogen and oxygen atoms in total. The second-order valence-corrected chi connectivity index (χ2v) is 7.61. The average molecular weight is 328 g/mol. The van der Waals surface area contributed by atoms with Gasteiger partial charge >= 0.3 is 5.97 Å². The van der Waals surface area contributed by atoms with Crippen molar-refractivity contribution in [3.8, 4) is 6.07 Å². The Morgan fingerprint density at radius 2 is 2.00 bits per heavy atom. The number of carbonyl (C=O) groups excluding carboxylic acids is 1. The summed E-state index contributed by atoms with van der Waals surface area (Å²) in [7, 11) is 0. The van der Waals surface area contributed by atoms with Crippen LogP contribution in [-0.4, -0.2) is 17.0 Å². The third-order valence-electron chi connectivity index (χ3n) is 5.32. The van der Waals surface area contributed by atoms with Crippen molar-refractivity contribution in [2.45, 2.75) is 25.7 Å². The number of carbonyl (C=O) groups is 2. The van der Waals surface area contributed by atoms with E-state index in [0.29, 0.717) is 10.6 Å². The Hall–Kier alpha value is -2.13. The van der Waals surface area contributed by atoms with Crippen molar-refractivity contribution < 1.29 is 14.7 Å². The fourth-order valence-corrected chi connectivity index (χ4v) is 5.56. The number of nitriles is 1. The Morgan fingerprint density at radius 1 is 1.26 bits per heavy atom. The monoisotopic (exact) mass is 328 g/mol. The maximum absolute atomic E-state index is 12.7. The van der Waals surface area contributed by atoms with E-state index in [1.165, 1.54) is 16.2 Å². The van der Waals surface area contributed by atoms with Crippen LogP contribution in [0.15, 0.2) is 12.2 Å². The number of nitrogens with zero attached hydrogens (tertiary/aromatic N) is 1. The number of aliphatic carboxylic acids is 1. The molecule has 3 aliphatic rings. The van der Waals surface area contributed by atoms with Crippen molar-refractivity contribution in [3.63, 3.8) is 0 Å². The van der Waals surface area contributed by atoms with Gasteiger partial charge in [-0.05, 0) is 43.1 Å². The number of thiophene rings is 1. The highest BCUT2D eigenvalue weighted by Gasteiger charge is 2.51. The number of nitrogens with one attached hydrogen (secondary N) is 1. The molecule has 0 saturated heterocycles. The van der Waals surface area contributed by atoms with Gasteiger partial charge in [-0.2, -0.15) is 5.26 Å². The topological polar surface area (TPSA) is 90.2 Å². The molecular formula is C17H16N2O3S. The molecule has 2 bridgehead atoms. The van der Waals surface area contributed by atoms with Crippen molar-refractivity contribution in [2.75, 3.05) is 5.32 Å².